The summed E-state index contributed by atoms with van der Waals surface area (Å²) in [7, 11) is 0. The van der Waals surface area contributed by atoms with Crippen molar-refractivity contribution >= 4 is 11.8 Å². The molecule has 0 aliphatic carbocycles. The molecule has 130 valence electrons. The molecule has 0 amide bonds. The van der Waals surface area contributed by atoms with Crippen molar-refractivity contribution in [3.8, 4) is 0 Å². The zero-order valence-corrected chi connectivity index (χ0v) is 14.4. The average molecular weight is 336 g/mol. The van der Waals surface area contributed by atoms with Crippen LogP contribution in [0.3, 0.4) is 0 Å². The number of hydrogen-bond donors (Lipinski definition) is 1. The molecule has 0 aromatic rings. The van der Waals surface area contributed by atoms with Gasteiger partial charge in [0, 0.05) is 0 Å². The highest BCUT2D eigenvalue weighted by atomic mass is 16.4. The van der Waals surface area contributed by atoms with Crippen molar-refractivity contribution < 1.29 is 14.7 Å². The Morgan fingerprint density at radius 1 is 0.600 bits per heavy atom. The highest BCUT2D eigenvalue weighted by Crippen LogP contribution is 1.88. The van der Waals surface area contributed by atoms with Gasteiger partial charge in [-0.25, -0.2) is 0 Å². The van der Waals surface area contributed by atoms with E-state index in [1.807, 2.05) is 72.9 Å². The van der Waals surface area contributed by atoms with Crippen LogP contribution in [0, 0.1) is 0 Å². The third-order valence-electron chi connectivity index (χ3n) is 2.43. The lowest BCUT2D eigenvalue weighted by Crippen LogP contribution is -1.89. The van der Waals surface area contributed by atoms with Crippen LogP contribution in [0.4, 0.5) is 0 Å². The van der Waals surface area contributed by atoms with Crippen LogP contribution in [0.2, 0.25) is 0 Å². The molecule has 3 nitrogen and oxygen atoms in total. The number of ketones is 1. The van der Waals surface area contributed by atoms with Gasteiger partial charge in [-0.3, -0.25) is 9.59 Å². The van der Waals surface area contributed by atoms with Gasteiger partial charge in [0.1, 0.15) is 0 Å². The Morgan fingerprint density at radius 3 is 1.24 bits per heavy atom. The molecule has 0 aliphatic rings. The summed E-state index contributed by atoms with van der Waals surface area (Å²) >= 11 is 0. The quantitative estimate of drug-likeness (QED) is 0.424. The molecule has 0 unspecified atom stereocenters. The minimum absolute atomic E-state index is 0.0326. The molecule has 0 rings (SSSR count). The molecule has 0 saturated carbocycles. The van der Waals surface area contributed by atoms with Crippen molar-refractivity contribution in [2.75, 3.05) is 0 Å². The van der Waals surface area contributed by atoms with E-state index in [1.54, 1.807) is 30.4 Å². The average Bonchev–Trinajstić information content (AvgIpc) is 2.56. The summed E-state index contributed by atoms with van der Waals surface area (Å²) in [6.07, 6.45) is 32.8. The zero-order chi connectivity index (χ0) is 18.6. The highest BCUT2D eigenvalue weighted by Gasteiger charge is 1.86. The largest absolute Gasteiger partial charge is 0.481 e. The molecule has 0 aliphatic heterocycles. The molecule has 0 aromatic heterocycles. The van der Waals surface area contributed by atoms with Gasteiger partial charge in [-0.05, 0) is 13.0 Å². The lowest BCUT2D eigenvalue weighted by atomic mass is 10.3. The Kier molecular flexibility index (Phi) is 15.0. The van der Waals surface area contributed by atoms with E-state index in [0.29, 0.717) is 0 Å². The lowest BCUT2D eigenvalue weighted by molar-refractivity contribution is -0.136. The van der Waals surface area contributed by atoms with Gasteiger partial charge in [-0.2, -0.15) is 0 Å². The van der Waals surface area contributed by atoms with Gasteiger partial charge < -0.3 is 5.11 Å². The Hall–Kier alpha value is -3.20. The number of allylic oxidation sites excluding steroid dienone is 17. The maximum absolute atomic E-state index is 10.6. The first kappa shape index (κ1) is 21.8. The number of carbonyl (C=O) groups is 2. The molecule has 0 fully saturated rings. The first-order chi connectivity index (χ1) is 12.1. The van der Waals surface area contributed by atoms with E-state index in [0.717, 1.165) is 0 Å². The molecule has 1 N–H and O–H groups in total. The first-order valence-corrected chi connectivity index (χ1v) is 7.85. The van der Waals surface area contributed by atoms with Crippen molar-refractivity contribution in [1.29, 1.82) is 0 Å². The van der Waals surface area contributed by atoms with Gasteiger partial charge in [0.05, 0.1) is 6.42 Å². The zero-order valence-electron chi connectivity index (χ0n) is 14.4. The first-order valence-electron chi connectivity index (χ1n) is 7.85. The highest BCUT2D eigenvalue weighted by molar-refractivity contribution is 5.87. The number of rotatable bonds is 11. The summed E-state index contributed by atoms with van der Waals surface area (Å²) in [4.78, 5) is 20.9. The number of aliphatic carboxylic acids is 1. The maximum Gasteiger partial charge on any atom is 0.307 e. The Balaban J connectivity index is 3.92. The third-order valence-corrected chi connectivity index (χ3v) is 2.43. The predicted molar refractivity (Wildman–Crippen MR) is 105 cm³/mol. The van der Waals surface area contributed by atoms with Gasteiger partial charge >= 0.3 is 5.97 Å². The van der Waals surface area contributed by atoms with Crippen LogP contribution in [-0.2, 0) is 9.59 Å². The molecule has 0 saturated heterocycles. The van der Waals surface area contributed by atoms with Crippen molar-refractivity contribution in [1.82, 2.24) is 0 Å². The van der Waals surface area contributed by atoms with E-state index in [-0.39, 0.29) is 12.2 Å². The molecule has 0 spiro atoms. The minimum atomic E-state index is -0.835. The molecular formula is C22H24O3. The number of carboxylic acid groups (broad SMARTS) is 1. The van der Waals surface area contributed by atoms with Gasteiger partial charge in [-0.15, -0.1) is 0 Å². The van der Waals surface area contributed by atoms with Crippen LogP contribution >= 0.6 is 0 Å². The van der Waals surface area contributed by atoms with E-state index >= 15 is 0 Å². The van der Waals surface area contributed by atoms with Gasteiger partial charge in [0.25, 0.3) is 0 Å². The van der Waals surface area contributed by atoms with Crippen molar-refractivity contribution in [2.24, 2.45) is 0 Å². The van der Waals surface area contributed by atoms with E-state index in [9.17, 15) is 9.59 Å². The molecule has 25 heavy (non-hydrogen) atoms. The van der Waals surface area contributed by atoms with Crippen LogP contribution in [0.1, 0.15) is 13.3 Å². The smallest absolute Gasteiger partial charge is 0.307 e. The van der Waals surface area contributed by atoms with E-state index in [2.05, 4.69) is 0 Å². The summed E-state index contributed by atoms with van der Waals surface area (Å²) < 4.78 is 0. The normalized spacial score (nSPS) is 13.8. The molecule has 0 radical (unpaired) electrons. The Bertz CT molecular complexity index is 649. The summed E-state index contributed by atoms with van der Waals surface area (Å²) in [6, 6.07) is 0. The van der Waals surface area contributed by atoms with Crippen molar-refractivity contribution in [3.63, 3.8) is 0 Å². The van der Waals surface area contributed by atoms with Gasteiger partial charge in [-0.1, -0.05) is 103 Å². The van der Waals surface area contributed by atoms with Crippen LogP contribution in [0.25, 0.3) is 0 Å². The molecule has 0 bridgehead atoms. The molecule has 0 aromatic carbocycles. The molecule has 3 heteroatoms. The second-order valence-electron chi connectivity index (χ2n) is 4.69. The number of carboxylic acids is 1. The number of carbonyl (C=O) groups excluding carboxylic acids is 1. The van der Waals surface area contributed by atoms with Gasteiger partial charge in [0.2, 0.25) is 0 Å². The third kappa shape index (κ3) is 20.8. The summed E-state index contributed by atoms with van der Waals surface area (Å²) in [5.41, 5.74) is 0. The standard InChI is InChI=1S/C22H24O3/c1-21(23)19-17-15-13-11-9-7-5-3-2-4-6-8-10-12-14-16-18-20-22(24)25/h2-19H,20H2,1H3,(H,24,25)/b3-2+,6-4+,7-5+,10-8+,11-9-,14-12-,15-13+,18-16+,19-17+. The molecular weight excluding hydrogens is 312 g/mol. The molecule has 0 heterocycles. The van der Waals surface area contributed by atoms with Crippen molar-refractivity contribution in [3.05, 3.63) is 109 Å². The van der Waals surface area contributed by atoms with Gasteiger partial charge in [0.15, 0.2) is 5.78 Å². The second kappa shape index (κ2) is 17.2. The summed E-state index contributed by atoms with van der Waals surface area (Å²) in [6.45, 7) is 1.51. The van der Waals surface area contributed by atoms with E-state index < -0.39 is 5.97 Å². The summed E-state index contributed by atoms with van der Waals surface area (Å²) in [5, 5.41) is 8.44. The fourth-order valence-corrected chi connectivity index (χ4v) is 1.34. The number of hydrogen-bond acceptors (Lipinski definition) is 2. The van der Waals surface area contributed by atoms with Crippen LogP contribution in [-0.4, -0.2) is 16.9 Å². The Morgan fingerprint density at radius 2 is 0.920 bits per heavy atom. The fraction of sp³-hybridized carbons (Fsp3) is 0.0909. The monoisotopic (exact) mass is 336 g/mol. The maximum atomic E-state index is 10.6. The SMILES string of the molecule is CC(=O)/C=C/C=C/C=C\C=C\C=C\C=C\C=C\C=C/C=C/CC(=O)O. The fourth-order valence-electron chi connectivity index (χ4n) is 1.34. The predicted octanol–water partition coefficient (Wildman–Crippen LogP) is 5.06. The second-order valence-corrected chi connectivity index (χ2v) is 4.69. The Labute approximate surface area is 149 Å². The van der Waals surface area contributed by atoms with Crippen molar-refractivity contribution in [2.45, 2.75) is 13.3 Å². The molecule has 0 atom stereocenters. The van der Waals surface area contributed by atoms with E-state index in [1.165, 1.54) is 13.0 Å². The topological polar surface area (TPSA) is 54.4 Å². The lowest BCUT2D eigenvalue weighted by Gasteiger charge is -1.79. The van der Waals surface area contributed by atoms with Crippen LogP contribution < -0.4 is 0 Å². The van der Waals surface area contributed by atoms with Crippen LogP contribution in [0.15, 0.2) is 109 Å². The van der Waals surface area contributed by atoms with E-state index in [4.69, 9.17) is 5.11 Å². The van der Waals surface area contributed by atoms with Crippen LogP contribution in [0.5, 0.6) is 0 Å². The summed E-state index contributed by atoms with van der Waals surface area (Å²) in [5.74, 6) is -0.803. The minimum Gasteiger partial charge on any atom is -0.481 e.